The molecule has 0 aliphatic heterocycles. The molecule has 0 saturated heterocycles. The summed E-state index contributed by atoms with van der Waals surface area (Å²) in [6.07, 6.45) is 2.66. The number of nitrogens with zero attached hydrogens (tertiary/aromatic N) is 4. The van der Waals surface area contributed by atoms with Gasteiger partial charge in [-0.05, 0) is 37.0 Å². The summed E-state index contributed by atoms with van der Waals surface area (Å²) in [5.41, 5.74) is 4.11. The van der Waals surface area contributed by atoms with Gasteiger partial charge in [0, 0.05) is 22.7 Å². The van der Waals surface area contributed by atoms with Crippen LogP contribution in [0.2, 0.25) is 0 Å². The Bertz CT molecular complexity index is 1250. The summed E-state index contributed by atoms with van der Waals surface area (Å²) in [6, 6.07) is 18.2. The van der Waals surface area contributed by atoms with E-state index in [0.29, 0.717) is 11.7 Å². The van der Waals surface area contributed by atoms with Crippen molar-refractivity contribution < 1.29 is 4.79 Å². The van der Waals surface area contributed by atoms with Crippen LogP contribution in [0.3, 0.4) is 0 Å². The van der Waals surface area contributed by atoms with Gasteiger partial charge in [0.2, 0.25) is 5.91 Å². The molecule has 5 rings (SSSR count). The molecule has 2 aromatic carbocycles. The highest BCUT2D eigenvalue weighted by Gasteiger charge is 2.30. The Morgan fingerprint density at radius 1 is 1.12 bits per heavy atom. The van der Waals surface area contributed by atoms with E-state index in [2.05, 4.69) is 49.3 Å². The van der Waals surface area contributed by atoms with Crippen molar-refractivity contribution in [2.24, 2.45) is 0 Å². The minimum atomic E-state index is -0.0467. The van der Waals surface area contributed by atoms with Crippen molar-refractivity contribution in [2.45, 2.75) is 49.6 Å². The monoisotopic (exact) mass is 475 g/mol. The molecule has 4 aromatic rings. The van der Waals surface area contributed by atoms with Gasteiger partial charge in [-0.1, -0.05) is 60.3 Å². The van der Waals surface area contributed by atoms with Crippen molar-refractivity contribution in [1.29, 1.82) is 0 Å². The highest BCUT2D eigenvalue weighted by molar-refractivity contribution is 7.98. The molecule has 0 atom stereocenters. The van der Waals surface area contributed by atoms with Crippen LogP contribution >= 0.6 is 23.1 Å². The number of rotatable bonds is 9. The maximum atomic E-state index is 12.4. The zero-order chi connectivity index (χ0) is 22.6. The van der Waals surface area contributed by atoms with E-state index in [-0.39, 0.29) is 12.3 Å². The van der Waals surface area contributed by atoms with Gasteiger partial charge in [-0.25, -0.2) is 4.98 Å². The summed E-state index contributed by atoms with van der Waals surface area (Å²) in [5, 5.41) is 15.7. The smallest absolute Gasteiger partial charge is 0.231 e. The summed E-state index contributed by atoms with van der Waals surface area (Å²) in [5.74, 6) is 2.28. The van der Waals surface area contributed by atoms with E-state index in [1.807, 2.05) is 42.6 Å². The van der Waals surface area contributed by atoms with Crippen molar-refractivity contribution in [2.75, 3.05) is 5.32 Å². The summed E-state index contributed by atoms with van der Waals surface area (Å²) in [6.45, 7) is 2.77. The van der Waals surface area contributed by atoms with Crippen LogP contribution < -0.4 is 5.32 Å². The maximum absolute atomic E-state index is 12.4. The molecule has 1 aliphatic rings. The molecule has 1 N–H and O–H groups in total. The van der Waals surface area contributed by atoms with E-state index in [1.54, 1.807) is 11.8 Å². The number of thioether (sulfide) groups is 1. The third-order valence-corrected chi connectivity index (χ3v) is 7.45. The molecule has 2 heterocycles. The number of anilines is 1. The lowest BCUT2D eigenvalue weighted by Gasteiger charge is -2.09. The molecule has 33 heavy (non-hydrogen) atoms. The van der Waals surface area contributed by atoms with E-state index < -0.39 is 0 Å². The van der Waals surface area contributed by atoms with Crippen LogP contribution in [0, 0.1) is 6.92 Å². The zero-order valence-corrected chi connectivity index (χ0v) is 20.0. The van der Waals surface area contributed by atoms with Gasteiger partial charge in [0.25, 0.3) is 0 Å². The second kappa shape index (κ2) is 9.89. The SMILES string of the molecule is Cc1ccccc1NC(=O)Cc1nc(CSc2nnc(C3CC3)n2Cc2ccccc2)cs1. The molecular formula is C25H25N5OS2. The normalized spacial score (nSPS) is 13.2. The molecule has 1 fully saturated rings. The van der Waals surface area contributed by atoms with Crippen LogP contribution in [0.15, 0.2) is 65.1 Å². The van der Waals surface area contributed by atoms with Gasteiger partial charge < -0.3 is 9.88 Å². The summed E-state index contributed by atoms with van der Waals surface area (Å²) in [4.78, 5) is 17.1. The number of carbonyl (C=O) groups is 1. The molecule has 0 unspecified atom stereocenters. The lowest BCUT2D eigenvalue weighted by molar-refractivity contribution is -0.115. The fourth-order valence-corrected chi connectivity index (χ4v) is 5.38. The molecule has 0 radical (unpaired) electrons. The average Bonchev–Trinajstić information content (AvgIpc) is 3.44. The van der Waals surface area contributed by atoms with Crippen molar-refractivity contribution in [1.82, 2.24) is 19.7 Å². The number of aromatic nitrogens is 4. The number of benzene rings is 2. The number of hydrogen-bond donors (Lipinski definition) is 1. The first-order valence-electron chi connectivity index (χ1n) is 11.0. The van der Waals surface area contributed by atoms with Crippen LogP contribution in [0.25, 0.3) is 0 Å². The van der Waals surface area contributed by atoms with Crippen LogP contribution in [-0.2, 0) is 23.5 Å². The second-order valence-corrected chi connectivity index (χ2v) is 10.1. The number of nitrogens with one attached hydrogen (secondary N) is 1. The van der Waals surface area contributed by atoms with Gasteiger partial charge in [0.05, 0.1) is 18.7 Å². The molecule has 2 aromatic heterocycles. The van der Waals surface area contributed by atoms with Crippen molar-refractivity contribution in [3.8, 4) is 0 Å². The van der Waals surface area contributed by atoms with Crippen LogP contribution in [0.4, 0.5) is 5.69 Å². The zero-order valence-electron chi connectivity index (χ0n) is 18.4. The van der Waals surface area contributed by atoms with Gasteiger partial charge >= 0.3 is 0 Å². The quantitative estimate of drug-likeness (QED) is 0.326. The molecule has 1 saturated carbocycles. The molecule has 0 spiro atoms. The van der Waals surface area contributed by atoms with Crippen LogP contribution in [0.1, 0.15) is 46.4 Å². The Balaban J connectivity index is 1.22. The fraction of sp³-hybridized carbons (Fsp3) is 0.280. The number of para-hydroxylation sites is 1. The number of amides is 1. The first kappa shape index (κ1) is 21.9. The van der Waals surface area contributed by atoms with Crippen molar-refractivity contribution in [3.05, 3.63) is 87.6 Å². The second-order valence-electron chi connectivity index (χ2n) is 8.25. The topological polar surface area (TPSA) is 72.7 Å². The molecule has 168 valence electrons. The first-order valence-corrected chi connectivity index (χ1v) is 12.9. The van der Waals surface area contributed by atoms with E-state index >= 15 is 0 Å². The maximum Gasteiger partial charge on any atom is 0.231 e. The Labute approximate surface area is 201 Å². The van der Waals surface area contributed by atoms with Gasteiger partial charge in [0.15, 0.2) is 5.16 Å². The first-order chi connectivity index (χ1) is 16.2. The molecular weight excluding hydrogens is 450 g/mol. The lowest BCUT2D eigenvalue weighted by atomic mass is 10.2. The molecule has 6 nitrogen and oxygen atoms in total. The Hall–Kier alpha value is -2.97. The number of aryl methyl sites for hydroxylation is 1. The Kier molecular flexibility index (Phi) is 6.55. The molecule has 0 bridgehead atoms. The van der Waals surface area contributed by atoms with Gasteiger partial charge in [0.1, 0.15) is 10.8 Å². The number of thiazole rings is 1. The van der Waals surface area contributed by atoms with Gasteiger partial charge in [-0.15, -0.1) is 21.5 Å². The van der Waals surface area contributed by atoms with Crippen molar-refractivity contribution >= 4 is 34.7 Å². The summed E-state index contributed by atoms with van der Waals surface area (Å²) < 4.78 is 2.25. The standard InChI is InChI=1S/C25H25N5OS2/c1-17-7-5-6-10-21(17)27-22(31)13-23-26-20(15-32-23)16-33-25-29-28-24(19-11-12-19)30(25)14-18-8-3-2-4-9-18/h2-10,15,19H,11-14,16H2,1H3,(H,27,31). The largest absolute Gasteiger partial charge is 0.325 e. The van der Waals surface area contributed by atoms with Gasteiger partial charge in [-0.3, -0.25) is 4.79 Å². The third kappa shape index (κ3) is 5.51. The van der Waals surface area contributed by atoms with E-state index in [0.717, 1.165) is 39.5 Å². The molecule has 1 amide bonds. The highest BCUT2D eigenvalue weighted by Crippen LogP contribution is 2.40. The van der Waals surface area contributed by atoms with Crippen LogP contribution in [0.5, 0.6) is 0 Å². The van der Waals surface area contributed by atoms with Gasteiger partial charge in [-0.2, -0.15) is 0 Å². The Morgan fingerprint density at radius 3 is 2.70 bits per heavy atom. The van der Waals surface area contributed by atoms with Crippen molar-refractivity contribution in [3.63, 3.8) is 0 Å². The van der Waals surface area contributed by atoms with E-state index in [4.69, 9.17) is 0 Å². The minimum absolute atomic E-state index is 0.0467. The highest BCUT2D eigenvalue weighted by atomic mass is 32.2. The lowest BCUT2D eigenvalue weighted by Crippen LogP contribution is -2.15. The predicted octanol–water partition coefficient (Wildman–Crippen LogP) is 5.44. The third-order valence-electron chi connectivity index (χ3n) is 5.55. The molecule has 8 heteroatoms. The Morgan fingerprint density at radius 2 is 1.91 bits per heavy atom. The van der Waals surface area contributed by atoms with Crippen LogP contribution in [-0.4, -0.2) is 25.7 Å². The summed E-state index contributed by atoms with van der Waals surface area (Å²) >= 11 is 3.18. The van der Waals surface area contributed by atoms with E-state index in [1.165, 1.54) is 29.7 Å². The minimum Gasteiger partial charge on any atom is -0.325 e. The fourth-order valence-electron chi connectivity index (χ4n) is 3.64. The molecule has 1 aliphatic carbocycles. The number of hydrogen-bond acceptors (Lipinski definition) is 6. The van der Waals surface area contributed by atoms with E-state index in [9.17, 15) is 4.79 Å². The summed E-state index contributed by atoms with van der Waals surface area (Å²) in [7, 11) is 0. The predicted molar refractivity (Wildman–Crippen MR) is 133 cm³/mol. The number of carbonyl (C=O) groups excluding carboxylic acids is 1. The average molecular weight is 476 g/mol.